The van der Waals surface area contributed by atoms with E-state index >= 15 is 8.78 Å². The summed E-state index contributed by atoms with van der Waals surface area (Å²) in [5, 5.41) is 19.4. The van der Waals surface area contributed by atoms with Gasteiger partial charge in [-0.3, -0.25) is 0 Å². The van der Waals surface area contributed by atoms with Crippen molar-refractivity contribution in [3.63, 3.8) is 0 Å². The van der Waals surface area contributed by atoms with Gasteiger partial charge in [0.2, 0.25) is 12.4 Å². The third kappa shape index (κ3) is 2.71. The van der Waals surface area contributed by atoms with Crippen LogP contribution in [0.15, 0.2) is 46.4 Å². The predicted molar refractivity (Wildman–Crippen MR) is 127 cm³/mol. The van der Waals surface area contributed by atoms with Crippen molar-refractivity contribution in [2.24, 2.45) is 9.98 Å². The van der Waals surface area contributed by atoms with E-state index in [0.717, 1.165) is 24.3 Å². The van der Waals surface area contributed by atoms with Crippen LogP contribution in [0.3, 0.4) is 0 Å². The molecular weight excluding hydrogens is 500 g/mol. The minimum Gasteiger partial charge on any atom is -0.240 e. The van der Waals surface area contributed by atoms with Crippen molar-refractivity contribution in [1.29, 1.82) is 10.5 Å². The minimum absolute atomic E-state index is 0.0179. The first-order valence-corrected chi connectivity index (χ1v) is 10.9. The fraction of sp³-hybridized carbons (Fsp3) is 0. The van der Waals surface area contributed by atoms with Gasteiger partial charge >= 0.3 is 0 Å². The summed E-state index contributed by atoms with van der Waals surface area (Å²) in [6.45, 7) is 0. The zero-order valence-electron chi connectivity index (χ0n) is 18.6. The van der Waals surface area contributed by atoms with Crippen LogP contribution in [0.5, 0.6) is 0 Å². The van der Waals surface area contributed by atoms with Gasteiger partial charge in [0.05, 0.1) is 11.0 Å². The van der Waals surface area contributed by atoms with Gasteiger partial charge in [0.1, 0.15) is 55.4 Å². The van der Waals surface area contributed by atoms with Crippen molar-refractivity contribution >= 4 is 65.7 Å². The smallest absolute Gasteiger partial charge is 0.206 e. The van der Waals surface area contributed by atoms with Crippen LogP contribution in [0.1, 0.15) is 0 Å². The van der Waals surface area contributed by atoms with E-state index in [9.17, 15) is 8.78 Å². The molecule has 5 aromatic carbocycles. The van der Waals surface area contributed by atoms with Crippen LogP contribution in [0.25, 0.3) is 65.7 Å². The van der Waals surface area contributed by atoms with Gasteiger partial charge < -0.3 is 0 Å². The highest BCUT2D eigenvalue weighted by atomic mass is 19.1. The van der Waals surface area contributed by atoms with Crippen molar-refractivity contribution in [3.05, 3.63) is 70.4 Å². The number of fused-ring (bicyclic) bond motifs is 8. The van der Waals surface area contributed by atoms with Crippen LogP contribution in [-0.4, -0.2) is 19.9 Å². The normalized spacial score (nSPS) is 13.0. The number of rotatable bonds is 0. The van der Waals surface area contributed by atoms with E-state index in [1.54, 1.807) is 12.4 Å². The van der Waals surface area contributed by atoms with Gasteiger partial charge in [-0.15, -0.1) is 0 Å². The van der Waals surface area contributed by atoms with E-state index in [2.05, 4.69) is 29.9 Å². The Bertz CT molecular complexity index is 2260. The van der Waals surface area contributed by atoms with Crippen molar-refractivity contribution in [3.8, 4) is 12.4 Å². The largest absolute Gasteiger partial charge is 0.240 e. The van der Waals surface area contributed by atoms with Gasteiger partial charge in [-0.05, 0) is 36.4 Å². The molecule has 0 radical (unpaired) electrons. The quantitative estimate of drug-likeness (QED) is 0.171. The highest BCUT2D eigenvalue weighted by Crippen LogP contribution is 2.32. The lowest BCUT2D eigenvalue weighted by molar-refractivity contribution is 0.626. The van der Waals surface area contributed by atoms with Crippen LogP contribution in [0.2, 0.25) is 0 Å². The maximum atomic E-state index is 15.9. The Balaban J connectivity index is 1.71. The van der Waals surface area contributed by atoms with E-state index in [1.807, 2.05) is 0 Å². The van der Waals surface area contributed by atoms with E-state index in [1.165, 1.54) is 12.1 Å². The molecule has 178 valence electrons. The fourth-order valence-electron chi connectivity index (χ4n) is 4.83. The molecule has 8 nitrogen and oxygen atoms in total. The molecule has 7 rings (SSSR count). The van der Waals surface area contributed by atoms with Crippen LogP contribution in [-0.2, 0) is 0 Å². The summed E-state index contributed by atoms with van der Waals surface area (Å²) in [5.41, 5.74) is -1.80. The molecule has 12 heteroatoms. The first kappa shape index (κ1) is 21.6. The Morgan fingerprint density at radius 2 is 0.868 bits per heavy atom. The molecule has 38 heavy (non-hydrogen) atoms. The van der Waals surface area contributed by atoms with E-state index in [4.69, 9.17) is 10.5 Å². The molecule has 0 atom stereocenters. The number of aromatic nitrogens is 4. The number of hydrogen-bond donors (Lipinski definition) is 0. The molecular formula is C26H6F4N8. The van der Waals surface area contributed by atoms with Crippen molar-refractivity contribution in [1.82, 2.24) is 19.9 Å². The average Bonchev–Trinajstić information content (AvgIpc) is 3.37. The van der Waals surface area contributed by atoms with E-state index in [-0.39, 0.29) is 43.6 Å². The summed E-state index contributed by atoms with van der Waals surface area (Å²) in [4.78, 5) is 24.5. The standard InChI is InChI=1S/C26H6F4N8/c27-9-1-3-11-13(5-9)17(33-7-31)25-19(11)35-21-15(29)24-22(16(30)23(21)37-25)36-20-12-4-2-10(28)6-14(12)18(34-8-32)26(20)38-24/h1-6H. The van der Waals surface area contributed by atoms with Gasteiger partial charge in [0.25, 0.3) is 0 Å². The molecule has 0 N–H and O–H groups in total. The monoisotopic (exact) mass is 506 g/mol. The summed E-state index contributed by atoms with van der Waals surface area (Å²) < 4.78 is 59.7. The third-order valence-corrected chi connectivity index (χ3v) is 6.38. The number of nitrogens with zero attached hydrogens (tertiary/aromatic N) is 8. The Morgan fingerprint density at radius 1 is 0.500 bits per heavy atom. The Labute approximate surface area is 206 Å². The maximum Gasteiger partial charge on any atom is 0.206 e. The summed E-state index contributed by atoms with van der Waals surface area (Å²) in [5.74, 6) is -3.30. The van der Waals surface area contributed by atoms with Crippen LogP contribution in [0.4, 0.5) is 17.6 Å². The molecule has 0 amide bonds. The number of hydrogen-bond acceptors (Lipinski definition) is 8. The SMILES string of the molecule is N#CN=c1c2cc(F)ccc2c2nc3c(F)c4nc5c(=NC#N)c6cc(F)ccc6c5nc4c(F)c3nc12. The van der Waals surface area contributed by atoms with Gasteiger partial charge in [0, 0.05) is 21.5 Å². The number of nitriles is 2. The second-order valence-electron chi connectivity index (χ2n) is 8.36. The average molecular weight is 506 g/mol. The summed E-state index contributed by atoms with van der Waals surface area (Å²) >= 11 is 0. The molecule has 0 saturated heterocycles. The molecule has 2 heterocycles. The molecule has 0 spiro atoms. The first-order valence-electron chi connectivity index (χ1n) is 10.9. The molecule has 0 saturated carbocycles. The molecule has 0 aliphatic carbocycles. The van der Waals surface area contributed by atoms with Crippen LogP contribution >= 0.6 is 0 Å². The van der Waals surface area contributed by atoms with Gasteiger partial charge in [-0.1, -0.05) is 0 Å². The van der Waals surface area contributed by atoms with E-state index in [0.29, 0.717) is 10.8 Å². The molecule has 0 unspecified atom stereocenters. The molecule has 0 bridgehead atoms. The second kappa shape index (κ2) is 7.44. The first-order chi connectivity index (χ1) is 18.4. The van der Waals surface area contributed by atoms with Crippen LogP contribution < -0.4 is 10.7 Å². The Morgan fingerprint density at radius 3 is 1.24 bits per heavy atom. The molecule has 2 aromatic heterocycles. The van der Waals surface area contributed by atoms with Gasteiger partial charge in [-0.25, -0.2) is 37.5 Å². The summed E-state index contributed by atoms with van der Waals surface area (Å²) in [7, 11) is 0. The minimum atomic E-state index is -1.05. The lowest BCUT2D eigenvalue weighted by atomic mass is 10.2. The van der Waals surface area contributed by atoms with Crippen LogP contribution in [0, 0.1) is 46.2 Å². The topological polar surface area (TPSA) is 124 Å². The molecule has 0 aliphatic rings. The van der Waals surface area contributed by atoms with Crippen molar-refractivity contribution < 1.29 is 17.6 Å². The van der Waals surface area contributed by atoms with Gasteiger partial charge in [-0.2, -0.15) is 20.5 Å². The zero-order valence-corrected chi connectivity index (χ0v) is 18.6. The van der Waals surface area contributed by atoms with Gasteiger partial charge in [0.15, 0.2) is 11.6 Å². The van der Waals surface area contributed by atoms with E-state index < -0.39 is 45.3 Å². The fourth-order valence-corrected chi connectivity index (χ4v) is 4.83. The highest BCUT2D eigenvalue weighted by molar-refractivity contribution is 6.12. The Hall–Kier alpha value is -5.62. The lowest BCUT2D eigenvalue weighted by Gasteiger charge is -2.06. The number of benzene rings is 3. The molecule has 0 aliphatic heterocycles. The molecule has 7 aromatic rings. The second-order valence-corrected chi connectivity index (χ2v) is 8.36. The summed E-state index contributed by atoms with van der Waals surface area (Å²) in [6.07, 6.45) is 3.23. The summed E-state index contributed by atoms with van der Waals surface area (Å²) in [6, 6.07) is 7.35. The maximum absolute atomic E-state index is 15.9. The Kier molecular flexibility index (Phi) is 4.24. The predicted octanol–water partition coefficient (Wildman–Crippen LogP) is 4.38. The number of halogens is 4. The van der Waals surface area contributed by atoms with Crippen molar-refractivity contribution in [2.75, 3.05) is 0 Å². The zero-order chi connectivity index (χ0) is 26.3. The molecule has 0 fully saturated rings. The highest BCUT2D eigenvalue weighted by Gasteiger charge is 2.24. The van der Waals surface area contributed by atoms with Crippen molar-refractivity contribution in [2.45, 2.75) is 0 Å². The third-order valence-electron chi connectivity index (χ3n) is 6.38. The lowest BCUT2D eigenvalue weighted by Crippen LogP contribution is -2.05.